The summed E-state index contributed by atoms with van der Waals surface area (Å²) < 4.78 is 3.06. The second-order valence-electron chi connectivity index (χ2n) is 6.20. The second-order valence-corrected chi connectivity index (χ2v) is 10.6. The molecule has 1 aromatic heterocycles. The quantitative estimate of drug-likeness (QED) is 0.462. The van der Waals surface area contributed by atoms with Gasteiger partial charge < -0.3 is 5.32 Å². The molecule has 2 aromatic carbocycles. The first kappa shape index (κ1) is 20.6. The summed E-state index contributed by atoms with van der Waals surface area (Å²) in [4.78, 5) is 17.4. The number of fused-ring (bicyclic) bond motifs is 1. The normalized spacial score (nSPS) is 15.0. The van der Waals surface area contributed by atoms with Crippen molar-refractivity contribution in [2.45, 2.75) is 22.9 Å². The van der Waals surface area contributed by atoms with E-state index in [0.29, 0.717) is 17.3 Å². The van der Waals surface area contributed by atoms with Gasteiger partial charge in [0.15, 0.2) is 9.51 Å². The SMILES string of the molecule is CC[C@@H](Sc1nc2ccccc2s1)C(=O)NC1=NN=C(c2ccc(Br)cc2)CS1. The molecule has 148 valence electrons. The highest BCUT2D eigenvalue weighted by atomic mass is 79.9. The average Bonchev–Trinajstić information content (AvgIpc) is 3.16. The highest BCUT2D eigenvalue weighted by molar-refractivity contribution is 9.10. The number of benzene rings is 2. The van der Waals surface area contributed by atoms with Crippen molar-refractivity contribution in [1.29, 1.82) is 0 Å². The summed E-state index contributed by atoms with van der Waals surface area (Å²) in [6.07, 6.45) is 0.706. The molecule has 0 unspecified atom stereocenters. The number of para-hydroxylation sites is 1. The number of nitrogens with one attached hydrogen (secondary N) is 1. The summed E-state index contributed by atoms with van der Waals surface area (Å²) in [6, 6.07) is 16.0. The molecular formula is C20H17BrN4OS3. The van der Waals surface area contributed by atoms with Crippen LogP contribution in [0.1, 0.15) is 18.9 Å². The Morgan fingerprint density at radius 3 is 2.69 bits per heavy atom. The number of hydrogen-bond acceptors (Lipinski definition) is 7. The molecule has 0 fully saturated rings. The van der Waals surface area contributed by atoms with Crippen LogP contribution in [0.15, 0.2) is 67.5 Å². The lowest BCUT2D eigenvalue weighted by atomic mass is 10.1. The zero-order valence-electron chi connectivity index (χ0n) is 15.5. The number of aromatic nitrogens is 1. The Morgan fingerprint density at radius 1 is 1.21 bits per heavy atom. The van der Waals surface area contributed by atoms with Gasteiger partial charge in [-0.15, -0.1) is 16.4 Å². The molecular weight excluding hydrogens is 488 g/mol. The van der Waals surface area contributed by atoms with E-state index in [1.54, 1.807) is 11.3 Å². The number of halogens is 1. The predicted molar refractivity (Wildman–Crippen MR) is 128 cm³/mol. The van der Waals surface area contributed by atoms with E-state index in [1.807, 2.05) is 55.5 Å². The molecule has 9 heteroatoms. The van der Waals surface area contributed by atoms with E-state index < -0.39 is 0 Å². The van der Waals surface area contributed by atoms with Crippen LogP contribution in [0.4, 0.5) is 0 Å². The van der Waals surface area contributed by atoms with Gasteiger partial charge in [-0.3, -0.25) is 4.79 Å². The van der Waals surface area contributed by atoms with Gasteiger partial charge in [-0.1, -0.05) is 70.6 Å². The zero-order chi connectivity index (χ0) is 20.2. The van der Waals surface area contributed by atoms with Crippen LogP contribution in [-0.4, -0.2) is 32.8 Å². The van der Waals surface area contributed by atoms with Gasteiger partial charge in [0.05, 0.1) is 21.2 Å². The van der Waals surface area contributed by atoms with Crippen LogP contribution in [0.25, 0.3) is 10.2 Å². The summed E-state index contributed by atoms with van der Waals surface area (Å²) in [5, 5.41) is 11.7. The van der Waals surface area contributed by atoms with Gasteiger partial charge in [0.2, 0.25) is 5.91 Å². The number of amides is 1. The Morgan fingerprint density at radius 2 is 2.00 bits per heavy atom. The third-order valence-electron chi connectivity index (χ3n) is 4.20. The minimum Gasteiger partial charge on any atom is -0.303 e. The number of nitrogens with zero attached hydrogens (tertiary/aromatic N) is 3. The molecule has 1 aliphatic rings. The summed E-state index contributed by atoms with van der Waals surface area (Å²) >= 11 is 8.04. The second kappa shape index (κ2) is 9.42. The van der Waals surface area contributed by atoms with Gasteiger partial charge in [0.25, 0.3) is 0 Å². The van der Waals surface area contributed by atoms with Gasteiger partial charge >= 0.3 is 0 Å². The lowest BCUT2D eigenvalue weighted by molar-refractivity contribution is -0.119. The Hall–Kier alpha value is -1.68. The van der Waals surface area contributed by atoms with Gasteiger partial charge in [0.1, 0.15) is 0 Å². The first-order valence-electron chi connectivity index (χ1n) is 8.98. The summed E-state index contributed by atoms with van der Waals surface area (Å²) in [5.41, 5.74) is 2.90. The highest BCUT2D eigenvalue weighted by Crippen LogP contribution is 2.33. The van der Waals surface area contributed by atoms with Crippen LogP contribution in [0.3, 0.4) is 0 Å². The highest BCUT2D eigenvalue weighted by Gasteiger charge is 2.23. The van der Waals surface area contributed by atoms with Gasteiger partial charge in [-0.25, -0.2) is 4.98 Å². The maximum Gasteiger partial charge on any atom is 0.239 e. The number of thiazole rings is 1. The number of rotatable bonds is 5. The monoisotopic (exact) mass is 504 g/mol. The standard InChI is InChI=1S/C20H17BrN4OS3/c1-2-16(28-20-22-14-5-3-4-6-17(14)29-20)18(26)23-19-25-24-15(11-27-19)12-7-9-13(21)10-8-12/h3-10,16H,2,11H2,1H3,(H,23,25,26)/t16-/m1/s1. The molecule has 1 amide bonds. The predicted octanol–water partition coefficient (Wildman–Crippen LogP) is 5.55. The van der Waals surface area contributed by atoms with E-state index in [-0.39, 0.29) is 11.2 Å². The van der Waals surface area contributed by atoms with Crippen LogP contribution in [0.5, 0.6) is 0 Å². The van der Waals surface area contributed by atoms with Crippen LogP contribution in [-0.2, 0) is 4.79 Å². The van der Waals surface area contributed by atoms with E-state index in [2.05, 4.69) is 36.4 Å². The minimum absolute atomic E-state index is 0.0645. The Kier molecular flexibility index (Phi) is 6.69. The van der Waals surface area contributed by atoms with Crippen LogP contribution in [0, 0.1) is 0 Å². The maximum atomic E-state index is 12.7. The average molecular weight is 505 g/mol. The largest absolute Gasteiger partial charge is 0.303 e. The van der Waals surface area contributed by atoms with E-state index in [9.17, 15) is 4.79 Å². The van der Waals surface area contributed by atoms with Crippen molar-refractivity contribution in [1.82, 2.24) is 10.3 Å². The number of hydrogen-bond donors (Lipinski definition) is 1. The van der Waals surface area contributed by atoms with Gasteiger partial charge in [0, 0.05) is 10.2 Å². The van der Waals surface area contributed by atoms with E-state index >= 15 is 0 Å². The fourth-order valence-corrected chi connectivity index (χ4v) is 5.94. The summed E-state index contributed by atoms with van der Waals surface area (Å²) in [7, 11) is 0. The number of amidine groups is 1. The molecule has 1 atom stereocenters. The van der Waals surface area contributed by atoms with Crippen molar-refractivity contribution in [2.75, 3.05) is 5.75 Å². The van der Waals surface area contributed by atoms with E-state index in [1.165, 1.54) is 23.5 Å². The van der Waals surface area contributed by atoms with Crippen molar-refractivity contribution in [3.63, 3.8) is 0 Å². The topological polar surface area (TPSA) is 66.7 Å². The Balaban J connectivity index is 1.41. The molecule has 1 aliphatic heterocycles. The first-order chi connectivity index (χ1) is 14.1. The Bertz CT molecular complexity index is 1060. The Labute approximate surface area is 189 Å². The van der Waals surface area contributed by atoms with Crippen molar-refractivity contribution in [3.8, 4) is 0 Å². The van der Waals surface area contributed by atoms with Crippen LogP contribution >= 0.6 is 50.8 Å². The smallest absolute Gasteiger partial charge is 0.239 e. The van der Waals surface area contributed by atoms with E-state index in [0.717, 1.165) is 30.3 Å². The summed E-state index contributed by atoms with van der Waals surface area (Å²) in [6.45, 7) is 2.00. The number of carbonyl (C=O) groups excluding carboxylic acids is 1. The molecule has 3 aromatic rings. The number of carbonyl (C=O) groups is 1. The van der Waals surface area contributed by atoms with Crippen molar-refractivity contribution in [2.24, 2.45) is 10.2 Å². The van der Waals surface area contributed by atoms with Gasteiger partial charge in [-0.2, -0.15) is 5.10 Å². The molecule has 2 heterocycles. The number of thioether (sulfide) groups is 2. The molecule has 0 radical (unpaired) electrons. The molecule has 5 nitrogen and oxygen atoms in total. The lowest BCUT2D eigenvalue weighted by Gasteiger charge is -2.16. The maximum absolute atomic E-state index is 12.7. The molecule has 0 saturated carbocycles. The fraction of sp³-hybridized carbons (Fsp3) is 0.200. The molecule has 0 aliphatic carbocycles. The molecule has 0 spiro atoms. The lowest BCUT2D eigenvalue weighted by Crippen LogP contribution is -2.36. The van der Waals surface area contributed by atoms with Crippen LogP contribution in [0.2, 0.25) is 0 Å². The van der Waals surface area contributed by atoms with Crippen LogP contribution < -0.4 is 5.32 Å². The van der Waals surface area contributed by atoms with E-state index in [4.69, 9.17) is 0 Å². The molecule has 29 heavy (non-hydrogen) atoms. The summed E-state index contributed by atoms with van der Waals surface area (Å²) in [5.74, 6) is 0.605. The van der Waals surface area contributed by atoms with Gasteiger partial charge in [-0.05, 0) is 36.2 Å². The third-order valence-corrected chi connectivity index (χ3v) is 8.09. The first-order valence-corrected chi connectivity index (χ1v) is 12.5. The van der Waals surface area contributed by atoms with Crippen molar-refractivity contribution < 1.29 is 4.79 Å². The molecule has 1 N–H and O–H groups in total. The fourth-order valence-electron chi connectivity index (χ4n) is 2.68. The minimum atomic E-state index is -0.226. The third kappa shape index (κ3) is 5.09. The molecule has 0 bridgehead atoms. The van der Waals surface area contributed by atoms with Crippen molar-refractivity contribution >= 4 is 77.8 Å². The zero-order valence-corrected chi connectivity index (χ0v) is 19.5. The molecule has 4 rings (SSSR count). The van der Waals surface area contributed by atoms with Crippen molar-refractivity contribution in [3.05, 3.63) is 58.6 Å². The molecule has 0 saturated heterocycles.